The molecule has 2 aliphatic heterocycles. The van der Waals surface area contributed by atoms with E-state index < -0.39 is 6.10 Å². The Morgan fingerprint density at radius 2 is 2.12 bits per heavy atom. The number of carbonyl (C=O) groups excluding carboxylic acids is 1. The molecule has 1 amide bonds. The molecule has 2 aromatic heterocycles. The van der Waals surface area contributed by atoms with Crippen molar-refractivity contribution >= 4 is 17.2 Å². The average Bonchev–Trinajstić information content (AvgIpc) is 3.56. The largest absolute Gasteiger partial charge is 0.497 e. The average molecular weight is 466 g/mol. The topological polar surface area (TPSA) is 65.8 Å². The van der Waals surface area contributed by atoms with Crippen LogP contribution in [-0.2, 0) is 4.74 Å². The molecule has 0 saturated carbocycles. The number of nitrogens with zero attached hydrogens (tertiary/aromatic N) is 3. The van der Waals surface area contributed by atoms with Gasteiger partial charge in [0.1, 0.15) is 17.3 Å². The lowest BCUT2D eigenvalue weighted by molar-refractivity contribution is 0.0642. The van der Waals surface area contributed by atoms with Crippen molar-refractivity contribution in [2.24, 2.45) is 0 Å². The van der Waals surface area contributed by atoms with E-state index in [9.17, 15) is 4.79 Å². The minimum Gasteiger partial charge on any atom is -0.497 e. The van der Waals surface area contributed by atoms with E-state index in [1.165, 1.54) is 0 Å². The fourth-order valence-corrected chi connectivity index (χ4v) is 4.67. The maximum absolute atomic E-state index is 13.7. The Bertz CT molecular complexity index is 1240. The quantitative estimate of drug-likeness (QED) is 0.529. The molecule has 1 unspecified atom stereocenters. The van der Waals surface area contributed by atoms with Gasteiger partial charge in [0, 0.05) is 36.0 Å². The second kappa shape index (κ2) is 7.95. The van der Waals surface area contributed by atoms with Crippen LogP contribution in [0.1, 0.15) is 49.3 Å². The fourth-order valence-electron chi connectivity index (χ4n) is 4.05. The summed E-state index contributed by atoms with van der Waals surface area (Å²) in [6, 6.07) is 7.72. The van der Waals surface area contributed by atoms with E-state index in [0.717, 1.165) is 28.9 Å². The third-order valence-corrected chi connectivity index (χ3v) is 6.80. The normalized spacial score (nSPS) is 16.9. The molecule has 1 aromatic carbocycles. The van der Waals surface area contributed by atoms with Gasteiger partial charge in [-0.05, 0) is 50.4 Å². The molecule has 0 radical (unpaired) electrons. The van der Waals surface area contributed by atoms with Crippen LogP contribution in [0.4, 0.5) is 0 Å². The standard InChI is InChI=1S/C25H27N3O4S/c1-25(2,3)27(4)24(29)21-20-22(28(26-21)15-10-12-33-14-15)17-9-8-16(30-5)13-19(17)32-23(20)18-7-6-11-31-18/h7-10,12-14,23H,6,11H2,1-5H3. The van der Waals surface area contributed by atoms with E-state index in [-0.39, 0.29) is 11.4 Å². The van der Waals surface area contributed by atoms with Gasteiger partial charge in [0.25, 0.3) is 5.91 Å². The molecule has 0 aliphatic carbocycles. The lowest BCUT2D eigenvalue weighted by Crippen LogP contribution is -2.43. The van der Waals surface area contributed by atoms with Crippen LogP contribution < -0.4 is 9.47 Å². The van der Waals surface area contributed by atoms with Crippen LogP contribution in [0.3, 0.4) is 0 Å². The zero-order valence-electron chi connectivity index (χ0n) is 19.4. The molecular formula is C25H27N3O4S. The van der Waals surface area contributed by atoms with Gasteiger partial charge in [-0.1, -0.05) is 0 Å². The Labute approximate surface area is 197 Å². The van der Waals surface area contributed by atoms with Crippen molar-refractivity contribution in [2.45, 2.75) is 38.8 Å². The van der Waals surface area contributed by atoms with Crippen LogP contribution in [-0.4, -0.2) is 46.9 Å². The zero-order chi connectivity index (χ0) is 23.3. The Kier molecular flexibility index (Phi) is 5.20. The minimum atomic E-state index is -0.568. The summed E-state index contributed by atoms with van der Waals surface area (Å²) in [6.07, 6.45) is 2.27. The molecule has 0 bridgehead atoms. The molecule has 172 valence electrons. The highest BCUT2D eigenvalue weighted by Gasteiger charge is 2.41. The van der Waals surface area contributed by atoms with Crippen molar-refractivity contribution in [2.75, 3.05) is 20.8 Å². The van der Waals surface area contributed by atoms with Gasteiger partial charge < -0.3 is 19.1 Å². The molecule has 8 heteroatoms. The molecule has 0 spiro atoms. The van der Waals surface area contributed by atoms with Crippen molar-refractivity contribution in [3.63, 3.8) is 0 Å². The minimum absolute atomic E-state index is 0.156. The van der Waals surface area contributed by atoms with E-state index in [1.807, 2.05) is 66.6 Å². The zero-order valence-corrected chi connectivity index (χ0v) is 20.2. The number of methoxy groups -OCH3 is 1. The summed E-state index contributed by atoms with van der Waals surface area (Å²) in [5, 5.41) is 8.89. The molecule has 1 atom stereocenters. The molecule has 0 saturated heterocycles. The van der Waals surface area contributed by atoms with Crippen LogP contribution in [0.15, 0.2) is 46.9 Å². The summed E-state index contributed by atoms with van der Waals surface area (Å²) in [4.78, 5) is 15.5. The van der Waals surface area contributed by atoms with Gasteiger partial charge in [-0.25, -0.2) is 4.68 Å². The van der Waals surface area contributed by atoms with Crippen LogP contribution >= 0.6 is 11.3 Å². The van der Waals surface area contributed by atoms with E-state index in [2.05, 4.69) is 0 Å². The highest BCUT2D eigenvalue weighted by atomic mass is 32.1. The molecule has 5 rings (SSSR count). The van der Waals surface area contributed by atoms with Crippen molar-refractivity contribution in [1.29, 1.82) is 0 Å². The Morgan fingerprint density at radius 1 is 1.30 bits per heavy atom. The molecule has 33 heavy (non-hydrogen) atoms. The van der Waals surface area contributed by atoms with Crippen LogP contribution in [0.25, 0.3) is 16.9 Å². The van der Waals surface area contributed by atoms with Gasteiger partial charge in [-0.2, -0.15) is 16.4 Å². The summed E-state index contributed by atoms with van der Waals surface area (Å²) in [7, 11) is 3.44. The molecular weight excluding hydrogens is 438 g/mol. The number of thiophene rings is 1. The van der Waals surface area contributed by atoms with Gasteiger partial charge >= 0.3 is 0 Å². The number of benzene rings is 1. The Balaban J connectivity index is 1.79. The van der Waals surface area contributed by atoms with Gasteiger partial charge in [0.2, 0.25) is 0 Å². The maximum atomic E-state index is 13.7. The first kappa shape index (κ1) is 21.6. The number of aromatic nitrogens is 2. The summed E-state index contributed by atoms with van der Waals surface area (Å²) in [5.74, 6) is 1.92. The van der Waals surface area contributed by atoms with Gasteiger partial charge in [0.15, 0.2) is 11.8 Å². The van der Waals surface area contributed by atoms with Crippen LogP contribution in [0.2, 0.25) is 0 Å². The summed E-state index contributed by atoms with van der Waals surface area (Å²) < 4.78 is 19.7. The summed E-state index contributed by atoms with van der Waals surface area (Å²) >= 11 is 1.58. The highest BCUT2D eigenvalue weighted by Crippen LogP contribution is 2.49. The molecule has 2 aliphatic rings. The van der Waals surface area contributed by atoms with E-state index in [1.54, 1.807) is 30.4 Å². The van der Waals surface area contributed by atoms with Crippen molar-refractivity contribution in [3.8, 4) is 28.4 Å². The van der Waals surface area contributed by atoms with E-state index in [0.29, 0.717) is 29.6 Å². The first-order chi connectivity index (χ1) is 15.8. The Morgan fingerprint density at radius 3 is 2.76 bits per heavy atom. The van der Waals surface area contributed by atoms with Gasteiger partial charge in [-0.15, -0.1) is 0 Å². The van der Waals surface area contributed by atoms with Crippen LogP contribution in [0.5, 0.6) is 11.5 Å². The Hall–Kier alpha value is -3.26. The number of rotatable bonds is 4. The van der Waals surface area contributed by atoms with E-state index >= 15 is 0 Å². The summed E-state index contributed by atoms with van der Waals surface area (Å²) in [6.45, 7) is 6.61. The van der Waals surface area contributed by atoms with Gasteiger partial charge in [0.05, 0.1) is 30.7 Å². The monoisotopic (exact) mass is 465 g/mol. The molecule has 4 heterocycles. The first-order valence-corrected chi connectivity index (χ1v) is 11.9. The number of carbonyl (C=O) groups is 1. The molecule has 3 aromatic rings. The first-order valence-electron chi connectivity index (χ1n) is 10.9. The number of fused-ring (bicyclic) bond motifs is 3. The van der Waals surface area contributed by atoms with Crippen LogP contribution in [0, 0.1) is 0 Å². The molecule has 0 fully saturated rings. The molecule has 0 N–H and O–H groups in total. The number of amides is 1. The SMILES string of the molecule is COc1ccc2c(c1)OC(C1=CCCO1)c1c(C(=O)N(C)C(C)(C)C)nn(-c3ccsc3)c1-2. The maximum Gasteiger partial charge on any atom is 0.275 e. The second-order valence-electron chi connectivity index (χ2n) is 9.14. The third kappa shape index (κ3) is 3.58. The predicted molar refractivity (Wildman–Crippen MR) is 127 cm³/mol. The second-order valence-corrected chi connectivity index (χ2v) is 9.92. The lowest BCUT2D eigenvalue weighted by Gasteiger charge is -2.32. The highest BCUT2D eigenvalue weighted by molar-refractivity contribution is 7.08. The van der Waals surface area contributed by atoms with Crippen molar-refractivity contribution < 1.29 is 19.0 Å². The lowest BCUT2D eigenvalue weighted by atomic mass is 9.94. The predicted octanol–water partition coefficient (Wildman–Crippen LogP) is 5.22. The summed E-state index contributed by atoms with van der Waals surface area (Å²) in [5.41, 5.74) is 3.33. The third-order valence-electron chi connectivity index (χ3n) is 6.13. The number of hydrogen-bond donors (Lipinski definition) is 0. The van der Waals surface area contributed by atoms with E-state index in [4.69, 9.17) is 19.3 Å². The smallest absolute Gasteiger partial charge is 0.275 e. The number of hydrogen-bond acceptors (Lipinski definition) is 6. The van der Waals surface area contributed by atoms with Crippen molar-refractivity contribution in [1.82, 2.24) is 14.7 Å². The number of ether oxygens (including phenoxy) is 3. The van der Waals surface area contributed by atoms with Crippen molar-refractivity contribution in [3.05, 3.63) is 58.1 Å². The van der Waals surface area contributed by atoms with Gasteiger partial charge in [-0.3, -0.25) is 4.79 Å². The molecule has 7 nitrogen and oxygen atoms in total. The fraction of sp³-hybridized carbons (Fsp3) is 0.360.